The zero-order valence-electron chi connectivity index (χ0n) is 11.2. The fraction of sp³-hybridized carbons (Fsp3) is 0.571. The van der Waals surface area contributed by atoms with Gasteiger partial charge in [-0.3, -0.25) is 0 Å². The van der Waals surface area contributed by atoms with Gasteiger partial charge in [0.25, 0.3) is 0 Å². The summed E-state index contributed by atoms with van der Waals surface area (Å²) < 4.78 is 39.0. The van der Waals surface area contributed by atoms with Crippen LogP contribution in [0.2, 0.25) is 0 Å². The Morgan fingerprint density at radius 1 is 1.21 bits per heavy atom. The van der Waals surface area contributed by atoms with Crippen LogP contribution >= 0.6 is 0 Å². The molecule has 106 valence electrons. The first-order chi connectivity index (χ1) is 8.84. The Bertz CT molecular complexity index is 546. The van der Waals surface area contributed by atoms with E-state index in [0.29, 0.717) is 12.3 Å². The van der Waals surface area contributed by atoms with Gasteiger partial charge >= 0.3 is 0 Å². The van der Waals surface area contributed by atoms with Gasteiger partial charge in [-0.15, -0.1) is 0 Å². The third kappa shape index (κ3) is 2.67. The second-order valence-corrected chi connectivity index (χ2v) is 7.73. The number of sulfone groups is 1. The molecule has 0 amide bonds. The van der Waals surface area contributed by atoms with E-state index in [-0.39, 0.29) is 10.8 Å². The fourth-order valence-corrected chi connectivity index (χ4v) is 5.44. The van der Waals surface area contributed by atoms with Gasteiger partial charge in [-0.05, 0) is 36.8 Å². The van der Waals surface area contributed by atoms with Gasteiger partial charge in [0, 0.05) is 6.04 Å². The average Bonchev–Trinajstić information content (AvgIpc) is 2.27. The second kappa shape index (κ2) is 5.21. The SMILES string of the molecule is CC1CC(C)C(S(=O)(=O)c2ccccc2F)C(N)C1. The maximum absolute atomic E-state index is 13.8. The Morgan fingerprint density at radius 3 is 2.42 bits per heavy atom. The molecule has 2 N–H and O–H groups in total. The molecule has 1 aromatic rings. The van der Waals surface area contributed by atoms with Crippen molar-refractivity contribution in [1.29, 1.82) is 0 Å². The topological polar surface area (TPSA) is 60.2 Å². The zero-order chi connectivity index (χ0) is 14.2. The Kier molecular flexibility index (Phi) is 3.97. The summed E-state index contributed by atoms with van der Waals surface area (Å²) in [6.45, 7) is 3.96. The van der Waals surface area contributed by atoms with E-state index < -0.39 is 26.9 Å². The Balaban J connectivity index is 2.42. The van der Waals surface area contributed by atoms with Gasteiger partial charge in [0.1, 0.15) is 10.7 Å². The lowest BCUT2D eigenvalue weighted by molar-refractivity contribution is 0.271. The molecule has 0 aromatic heterocycles. The van der Waals surface area contributed by atoms with E-state index >= 15 is 0 Å². The summed E-state index contributed by atoms with van der Waals surface area (Å²) in [6.07, 6.45) is 1.48. The molecule has 5 heteroatoms. The number of hydrogen-bond acceptors (Lipinski definition) is 3. The van der Waals surface area contributed by atoms with Crippen LogP contribution in [0.5, 0.6) is 0 Å². The van der Waals surface area contributed by atoms with Gasteiger partial charge in [0.2, 0.25) is 0 Å². The van der Waals surface area contributed by atoms with Crippen LogP contribution in [-0.4, -0.2) is 19.7 Å². The van der Waals surface area contributed by atoms with Crippen molar-refractivity contribution in [2.24, 2.45) is 17.6 Å². The Labute approximate surface area is 113 Å². The molecule has 1 saturated carbocycles. The normalized spacial score (nSPS) is 32.2. The summed E-state index contributed by atoms with van der Waals surface area (Å²) in [5.74, 6) is -0.332. The number of nitrogens with two attached hydrogens (primary N) is 1. The largest absolute Gasteiger partial charge is 0.326 e. The average molecular weight is 285 g/mol. The van der Waals surface area contributed by atoms with Crippen LogP contribution < -0.4 is 5.73 Å². The highest BCUT2D eigenvalue weighted by molar-refractivity contribution is 7.92. The predicted molar refractivity (Wildman–Crippen MR) is 72.9 cm³/mol. The Morgan fingerprint density at radius 2 is 1.84 bits per heavy atom. The minimum absolute atomic E-state index is 0.0524. The first kappa shape index (κ1) is 14.5. The van der Waals surface area contributed by atoms with E-state index in [2.05, 4.69) is 6.92 Å². The third-order valence-electron chi connectivity index (χ3n) is 3.93. The van der Waals surface area contributed by atoms with Crippen molar-refractivity contribution in [2.45, 2.75) is 42.9 Å². The summed E-state index contributed by atoms with van der Waals surface area (Å²) >= 11 is 0. The minimum atomic E-state index is -3.71. The highest BCUT2D eigenvalue weighted by Gasteiger charge is 2.42. The molecule has 2 rings (SSSR count). The van der Waals surface area contributed by atoms with Crippen LogP contribution in [0.15, 0.2) is 29.2 Å². The molecule has 0 aliphatic heterocycles. The number of hydrogen-bond donors (Lipinski definition) is 1. The molecule has 0 radical (unpaired) electrons. The van der Waals surface area contributed by atoms with Crippen LogP contribution in [0.3, 0.4) is 0 Å². The van der Waals surface area contributed by atoms with E-state index in [1.807, 2.05) is 6.92 Å². The van der Waals surface area contributed by atoms with Crippen molar-refractivity contribution in [2.75, 3.05) is 0 Å². The van der Waals surface area contributed by atoms with Crippen molar-refractivity contribution in [3.8, 4) is 0 Å². The van der Waals surface area contributed by atoms with Gasteiger partial charge in [-0.2, -0.15) is 0 Å². The highest BCUT2D eigenvalue weighted by Crippen LogP contribution is 2.35. The molecule has 1 fully saturated rings. The minimum Gasteiger partial charge on any atom is -0.326 e. The lowest BCUT2D eigenvalue weighted by atomic mass is 9.80. The number of halogens is 1. The molecule has 1 aliphatic rings. The first-order valence-corrected chi connectivity index (χ1v) is 8.12. The summed E-state index contributed by atoms with van der Waals surface area (Å²) in [6, 6.07) is 5.10. The number of benzene rings is 1. The van der Waals surface area contributed by atoms with E-state index in [1.54, 1.807) is 0 Å². The fourth-order valence-electron chi connectivity index (χ4n) is 3.24. The maximum Gasteiger partial charge on any atom is 0.185 e. The summed E-state index contributed by atoms with van der Waals surface area (Å²) in [4.78, 5) is -0.225. The van der Waals surface area contributed by atoms with Crippen molar-refractivity contribution >= 4 is 9.84 Å². The molecule has 1 aliphatic carbocycles. The summed E-state index contributed by atoms with van der Waals surface area (Å²) in [7, 11) is -3.71. The molecule has 19 heavy (non-hydrogen) atoms. The third-order valence-corrected chi connectivity index (χ3v) is 6.41. The molecule has 1 aromatic carbocycles. The van der Waals surface area contributed by atoms with E-state index in [1.165, 1.54) is 24.3 Å². The molecular formula is C14H20FNO2S. The van der Waals surface area contributed by atoms with E-state index in [4.69, 9.17) is 5.73 Å². The predicted octanol–water partition coefficient (Wildman–Crippen LogP) is 2.36. The molecule has 4 unspecified atom stereocenters. The van der Waals surface area contributed by atoms with Gasteiger partial charge < -0.3 is 5.73 Å². The number of rotatable bonds is 2. The standard InChI is InChI=1S/C14H20FNO2S/c1-9-7-10(2)14(12(16)8-9)19(17,18)13-6-4-3-5-11(13)15/h3-6,9-10,12,14H,7-8,16H2,1-2H3. The Hall–Kier alpha value is -0.940. The first-order valence-electron chi connectivity index (χ1n) is 6.58. The molecule has 0 heterocycles. The van der Waals surface area contributed by atoms with Crippen molar-refractivity contribution in [3.63, 3.8) is 0 Å². The lowest BCUT2D eigenvalue weighted by Gasteiger charge is -2.37. The lowest BCUT2D eigenvalue weighted by Crippen LogP contribution is -2.49. The molecule has 0 spiro atoms. The van der Waals surface area contributed by atoms with Crippen LogP contribution in [0.4, 0.5) is 4.39 Å². The quantitative estimate of drug-likeness (QED) is 0.907. The van der Waals surface area contributed by atoms with Crippen LogP contribution in [0.25, 0.3) is 0 Å². The van der Waals surface area contributed by atoms with E-state index in [9.17, 15) is 12.8 Å². The molecule has 0 saturated heterocycles. The van der Waals surface area contributed by atoms with Crippen molar-refractivity contribution in [1.82, 2.24) is 0 Å². The van der Waals surface area contributed by atoms with Gasteiger partial charge in [0.15, 0.2) is 9.84 Å². The molecule has 4 atom stereocenters. The monoisotopic (exact) mass is 285 g/mol. The molecule has 3 nitrogen and oxygen atoms in total. The molecule has 0 bridgehead atoms. The smallest absolute Gasteiger partial charge is 0.185 e. The van der Waals surface area contributed by atoms with Crippen LogP contribution in [0, 0.1) is 17.7 Å². The van der Waals surface area contributed by atoms with Crippen molar-refractivity contribution < 1.29 is 12.8 Å². The zero-order valence-corrected chi connectivity index (χ0v) is 12.0. The van der Waals surface area contributed by atoms with Gasteiger partial charge in [-0.25, -0.2) is 12.8 Å². The van der Waals surface area contributed by atoms with Gasteiger partial charge in [-0.1, -0.05) is 26.0 Å². The van der Waals surface area contributed by atoms with Gasteiger partial charge in [0.05, 0.1) is 5.25 Å². The maximum atomic E-state index is 13.8. The molecular weight excluding hydrogens is 265 g/mol. The highest BCUT2D eigenvalue weighted by atomic mass is 32.2. The van der Waals surface area contributed by atoms with E-state index in [0.717, 1.165) is 6.42 Å². The van der Waals surface area contributed by atoms with Crippen LogP contribution in [0.1, 0.15) is 26.7 Å². The van der Waals surface area contributed by atoms with Crippen molar-refractivity contribution in [3.05, 3.63) is 30.1 Å². The summed E-state index contributed by atoms with van der Waals surface area (Å²) in [5, 5.41) is -0.694. The van der Waals surface area contributed by atoms with Crippen LogP contribution in [-0.2, 0) is 9.84 Å². The summed E-state index contributed by atoms with van der Waals surface area (Å²) in [5.41, 5.74) is 6.03. The second-order valence-electron chi connectivity index (χ2n) is 5.66.